The molecular formula is C17H26ClNO2. The van der Waals surface area contributed by atoms with Gasteiger partial charge in [0.05, 0.1) is 12.0 Å². The van der Waals surface area contributed by atoms with E-state index in [0.717, 1.165) is 11.3 Å². The monoisotopic (exact) mass is 311 g/mol. The summed E-state index contributed by atoms with van der Waals surface area (Å²) in [5.41, 5.74) is 3.01. The van der Waals surface area contributed by atoms with E-state index in [1.54, 1.807) is 11.9 Å². The Balaban J connectivity index is 2.60. The molecule has 0 aliphatic carbocycles. The van der Waals surface area contributed by atoms with Crippen molar-refractivity contribution in [3.63, 3.8) is 0 Å². The van der Waals surface area contributed by atoms with Crippen LogP contribution in [0.2, 0.25) is 0 Å². The second-order valence-corrected chi connectivity index (χ2v) is 6.56. The molecule has 0 saturated carbocycles. The van der Waals surface area contributed by atoms with E-state index < -0.39 is 5.41 Å². The number of hydrogen-bond donors (Lipinski definition) is 0. The van der Waals surface area contributed by atoms with Crippen LogP contribution < -0.4 is 4.74 Å². The van der Waals surface area contributed by atoms with Crippen LogP contribution in [0.1, 0.15) is 30.5 Å². The molecule has 0 saturated heterocycles. The van der Waals surface area contributed by atoms with Crippen molar-refractivity contribution >= 4 is 17.5 Å². The zero-order valence-corrected chi connectivity index (χ0v) is 14.7. The molecule has 0 aliphatic heterocycles. The van der Waals surface area contributed by atoms with Crippen molar-refractivity contribution in [2.75, 3.05) is 26.1 Å². The summed E-state index contributed by atoms with van der Waals surface area (Å²) < 4.78 is 5.84. The SMILES string of the molecule is Cc1cc(C)c(C)c(OCCN(C)C(=O)C(C)(C)CCl)c1. The van der Waals surface area contributed by atoms with Gasteiger partial charge in [0.2, 0.25) is 5.91 Å². The lowest BCUT2D eigenvalue weighted by atomic mass is 9.94. The van der Waals surface area contributed by atoms with E-state index in [-0.39, 0.29) is 5.91 Å². The lowest BCUT2D eigenvalue weighted by molar-refractivity contribution is -0.138. The Morgan fingerprint density at radius 1 is 1.29 bits per heavy atom. The van der Waals surface area contributed by atoms with Crippen molar-refractivity contribution in [3.8, 4) is 5.75 Å². The average molecular weight is 312 g/mol. The first-order chi connectivity index (χ1) is 9.69. The first-order valence-corrected chi connectivity index (χ1v) is 7.74. The maximum absolute atomic E-state index is 12.2. The minimum absolute atomic E-state index is 0.0400. The maximum Gasteiger partial charge on any atom is 0.229 e. The molecule has 118 valence electrons. The third kappa shape index (κ3) is 4.63. The van der Waals surface area contributed by atoms with E-state index in [0.29, 0.717) is 19.0 Å². The van der Waals surface area contributed by atoms with Gasteiger partial charge in [0, 0.05) is 12.9 Å². The Hall–Kier alpha value is -1.22. The molecule has 1 aromatic carbocycles. The topological polar surface area (TPSA) is 29.5 Å². The van der Waals surface area contributed by atoms with Crippen LogP contribution in [-0.2, 0) is 4.79 Å². The standard InChI is InChI=1S/C17H26ClNO2/c1-12-9-13(2)14(3)15(10-12)21-8-7-19(6)16(20)17(4,5)11-18/h9-10H,7-8,11H2,1-6H3. The number of benzene rings is 1. The van der Waals surface area contributed by atoms with E-state index in [2.05, 4.69) is 26.8 Å². The summed E-state index contributed by atoms with van der Waals surface area (Å²) in [6.07, 6.45) is 0. The summed E-state index contributed by atoms with van der Waals surface area (Å²) in [5, 5.41) is 0. The van der Waals surface area contributed by atoms with Gasteiger partial charge in [-0.2, -0.15) is 0 Å². The quantitative estimate of drug-likeness (QED) is 0.749. The third-order valence-corrected chi connectivity index (χ3v) is 4.38. The first kappa shape index (κ1) is 17.8. The van der Waals surface area contributed by atoms with Crippen molar-refractivity contribution in [1.29, 1.82) is 0 Å². The van der Waals surface area contributed by atoms with Crippen LogP contribution in [-0.4, -0.2) is 36.9 Å². The van der Waals surface area contributed by atoms with Gasteiger partial charge in [-0.05, 0) is 57.4 Å². The normalized spacial score (nSPS) is 11.4. The highest BCUT2D eigenvalue weighted by Crippen LogP contribution is 2.23. The fourth-order valence-corrected chi connectivity index (χ4v) is 2.23. The van der Waals surface area contributed by atoms with Crippen LogP contribution in [0.3, 0.4) is 0 Å². The summed E-state index contributed by atoms with van der Waals surface area (Å²) in [7, 11) is 1.79. The molecule has 1 amide bonds. The molecule has 0 heterocycles. The van der Waals surface area contributed by atoms with Crippen LogP contribution in [0, 0.1) is 26.2 Å². The second kappa shape index (κ2) is 7.17. The minimum atomic E-state index is -0.536. The van der Waals surface area contributed by atoms with Crippen LogP contribution in [0.15, 0.2) is 12.1 Å². The Morgan fingerprint density at radius 2 is 1.90 bits per heavy atom. The highest BCUT2D eigenvalue weighted by atomic mass is 35.5. The molecule has 1 aromatic rings. The van der Waals surface area contributed by atoms with Crippen LogP contribution in [0.4, 0.5) is 0 Å². The number of ether oxygens (including phenoxy) is 1. The zero-order valence-electron chi connectivity index (χ0n) is 13.9. The van der Waals surface area contributed by atoms with Gasteiger partial charge in [-0.3, -0.25) is 4.79 Å². The molecule has 0 aliphatic rings. The van der Waals surface area contributed by atoms with Crippen molar-refractivity contribution in [2.24, 2.45) is 5.41 Å². The Morgan fingerprint density at radius 3 is 2.48 bits per heavy atom. The molecule has 21 heavy (non-hydrogen) atoms. The van der Waals surface area contributed by atoms with E-state index in [9.17, 15) is 4.79 Å². The number of carbonyl (C=O) groups is 1. The van der Waals surface area contributed by atoms with Crippen molar-refractivity contribution in [1.82, 2.24) is 4.90 Å². The number of carbonyl (C=O) groups excluding carboxylic acids is 1. The predicted molar refractivity (Wildman–Crippen MR) is 88.3 cm³/mol. The Kier molecular flexibility index (Phi) is 6.09. The van der Waals surface area contributed by atoms with Gasteiger partial charge >= 0.3 is 0 Å². The van der Waals surface area contributed by atoms with Crippen LogP contribution >= 0.6 is 11.6 Å². The Bertz CT molecular complexity index is 512. The van der Waals surface area contributed by atoms with Gasteiger partial charge in [-0.25, -0.2) is 0 Å². The van der Waals surface area contributed by atoms with Gasteiger partial charge in [0.25, 0.3) is 0 Å². The summed E-state index contributed by atoms with van der Waals surface area (Å²) >= 11 is 5.84. The lowest BCUT2D eigenvalue weighted by Gasteiger charge is -2.27. The number of likely N-dealkylation sites (N-methyl/N-ethyl adjacent to an activating group) is 1. The molecular weight excluding hydrogens is 286 g/mol. The van der Waals surface area contributed by atoms with Gasteiger partial charge in [-0.1, -0.05) is 6.07 Å². The van der Waals surface area contributed by atoms with E-state index in [1.165, 1.54) is 11.1 Å². The van der Waals surface area contributed by atoms with E-state index >= 15 is 0 Å². The van der Waals surface area contributed by atoms with Gasteiger partial charge in [-0.15, -0.1) is 11.6 Å². The van der Waals surface area contributed by atoms with Crippen LogP contribution in [0.25, 0.3) is 0 Å². The fourth-order valence-electron chi connectivity index (χ4n) is 2.12. The van der Waals surface area contributed by atoms with Gasteiger partial charge < -0.3 is 9.64 Å². The molecule has 1 rings (SSSR count). The molecule has 0 bridgehead atoms. The summed E-state index contributed by atoms with van der Waals surface area (Å²) in [6, 6.07) is 4.17. The van der Waals surface area contributed by atoms with E-state index in [1.807, 2.05) is 19.9 Å². The fraction of sp³-hybridized carbons (Fsp3) is 0.588. The van der Waals surface area contributed by atoms with Crippen molar-refractivity contribution in [2.45, 2.75) is 34.6 Å². The van der Waals surface area contributed by atoms with Crippen molar-refractivity contribution in [3.05, 3.63) is 28.8 Å². The van der Waals surface area contributed by atoms with Gasteiger partial charge in [0.15, 0.2) is 0 Å². The average Bonchev–Trinajstić information content (AvgIpc) is 2.42. The number of halogens is 1. The smallest absolute Gasteiger partial charge is 0.229 e. The maximum atomic E-state index is 12.2. The molecule has 0 unspecified atom stereocenters. The molecule has 0 radical (unpaired) electrons. The molecule has 0 aromatic heterocycles. The molecule has 0 fully saturated rings. The van der Waals surface area contributed by atoms with Crippen molar-refractivity contribution < 1.29 is 9.53 Å². The number of rotatable bonds is 6. The zero-order chi connectivity index (χ0) is 16.2. The summed E-state index contributed by atoms with van der Waals surface area (Å²) in [4.78, 5) is 13.9. The predicted octanol–water partition coefficient (Wildman–Crippen LogP) is 3.71. The molecule has 0 atom stereocenters. The number of alkyl halides is 1. The number of hydrogen-bond acceptors (Lipinski definition) is 2. The molecule has 3 nitrogen and oxygen atoms in total. The highest BCUT2D eigenvalue weighted by molar-refractivity contribution is 6.19. The number of nitrogens with zero attached hydrogens (tertiary/aromatic N) is 1. The van der Waals surface area contributed by atoms with Gasteiger partial charge in [0.1, 0.15) is 12.4 Å². The molecule has 0 N–H and O–H groups in total. The largest absolute Gasteiger partial charge is 0.491 e. The first-order valence-electron chi connectivity index (χ1n) is 7.21. The lowest BCUT2D eigenvalue weighted by Crippen LogP contribution is -2.41. The van der Waals surface area contributed by atoms with Crippen LogP contribution in [0.5, 0.6) is 5.75 Å². The van der Waals surface area contributed by atoms with E-state index in [4.69, 9.17) is 16.3 Å². The minimum Gasteiger partial charge on any atom is -0.491 e. The number of aryl methyl sites for hydroxylation is 2. The Labute approximate surface area is 133 Å². The molecule has 4 heteroatoms. The second-order valence-electron chi connectivity index (χ2n) is 6.30. The number of amides is 1. The molecule has 0 spiro atoms. The highest BCUT2D eigenvalue weighted by Gasteiger charge is 2.29. The third-order valence-electron chi connectivity index (χ3n) is 3.71. The summed E-state index contributed by atoms with van der Waals surface area (Å²) in [6.45, 7) is 10.9. The summed E-state index contributed by atoms with van der Waals surface area (Å²) in [5.74, 6) is 1.25.